The first-order chi connectivity index (χ1) is 10.7. The Morgan fingerprint density at radius 2 is 1.87 bits per heavy atom. The zero-order chi connectivity index (χ0) is 17.5. The predicted molar refractivity (Wildman–Crippen MR) is 86.1 cm³/mol. The second-order valence-electron chi connectivity index (χ2n) is 6.13. The quantitative estimate of drug-likeness (QED) is 0.698. The highest BCUT2D eigenvalue weighted by atomic mass is 16.6. The predicted octanol–water partition coefficient (Wildman–Crippen LogP) is 2.12. The van der Waals surface area contributed by atoms with Crippen LogP contribution < -0.4 is 5.32 Å². The molecule has 2 unspecified atom stereocenters. The van der Waals surface area contributed by atoms with E-state index in [0.717, 1.165) is 17.7 Å². The number of ether oxygens (including phenoxy) is 1. The van der Waals surface area contributed by atoms with Crippen LogP contribution in [-0.2, 0) is 16.0 Å². The van der Waals surface area contributed by atoms with Crippen molar-refractivity contribution in [1.82, 2.24) is 5.32 Å². The average Bonchev–Trinajstić information content (AvgIpc) is 2.43. The number of nitrogens with one attached hydrogen (secondary N) is 1. The van der Waals surface area contributed by atoms with Gasteiger partial charge in [-0.05, 0) is 38.8 Å². The third-order valence-corrected chi connectivity index (χ3v) is 2.85. The first kappa shape index (κ1) is 18.7. The van der Waals surface area contributed by atoms with Crippen LogP contribution in [0.3, 0.4) is 0 Å². The van der Waals surface area contributed by atoms with Crippen LogP contribution in [-0.4, -0.2) is 40.0 Å². The highest BCUT2D eigenvalue weighted by Gasteiger charge is 2.23. The lowest BCUT2D eigenvalue weighted by molar-refractivity contribution is -0.131. The van der Waals surface area contributed by atoms with Gasteiger partial charge >= 0.3 is 12.1 Å². The van der Waals surface area contributed by atoms with Crippen LogP contribution in [0.5, 0.6) is 0 Å². The molecule has 0 spiro atoms. The molecule has 1 aromatic carbocycles. The number of aliphatic hydroxyl groups excluding tert-OH is 1. The number of carbonyl (C=O) groups excluding carboxylic acids is 1. The Bertz CT molecular complexity index is 548. The average molecular weight is 321 g/mol. The topological polar surface area (TPSA) is 95.9 Å². The minimum atomic E-state index is -1.17. The summed E-state index contributed by atoms with van der Waals surface area (Å²) in [4.78, 5) is 22.5. The first-order valence-electron chi connectivity index (χ1n) is 7.30. The van der Waals surface area contributed by atoms with E-state index in [0.29, 0.717) is 6.42 Å². The number of benzene rings is 1. The fraction of sp³-hybridized carbons (Fsp3) is 0.412. The van der Waals surface area contributed by atoms with Crippen molar-refractivity contribution in [3.8, 4) is 0 Å². The van der Waals surface area contributed by atoms with Gasteiger partial charge in [0.1, 0.15) is 5.60 Å². The molecular weight excluding hydrogens is 298 g/mol. The Hall–Kier alpha value is -2.34. The number of aliphatic carboxylic acids is 1. The summed E-state index contributed by atoms with van der Waals surface area (Å²) in [5, 5.41) is 21.4. The highest BCUT2D eigenvalue weighted by molar-refractivity contribution is 5.79. The molecule has 0 aliphatic heterocycles. The van der Waals surface area contributed by atoms with Crippen LogP contribution in [0.4, 0.5) is 4.79 Å². The Labute approximate surface area is 135 Å². The lowest BCUT2D eigenvalue weighted by atomic mass is 10.0. The summed E-state index contributed by atoms with van der Waals surface area (Å²) in [5.41, 5.74) is 0.236. The standard InChI is InChI=1S/C17H23NO5/c1-17(2,3)23-16(22)18-13(14(19)9-10-15(20)21)11-12-7-5-4-6-8-12/h4-10,13-14,19H,11H2,1-3H3,(H,18,22)(H,20,21). The van der Waals surface area contributed by atoms with E-state index in [4.69, 9.17) is 9.84 Å². The molecule has 0 heterocycles. The number of carbonyl (C=O) groups is 2. The normalized spacial score (nSPS) is 14.3. The molecule has 0 aliphatic carbocycles. The Kier molecular flexibility index (Phi) is 6.78. The smallest absolute Gasteiger partial charge is 0.407 e. The van der Waals surface area contributed by atoms with E-state index >= 15 is 0 Å². The summed E-state index contributed by atoms with van der Waals surface area (Å²) in [6, 6.07) is 8.57. The van der Waals surface area contributed by atoms with Gasteiger partial charge in [0.2, 0.25) is 0 Å². The third kappa shape index (κ3) is 8.01. The molecule has 0 aliphatic rings. The van der Waals surface area contributed by atoms with Crippen molar-refractivity contribution in [2.75, 3.05) is 0 Å². The zero-order valence-electron chi connectivity index (χ0n) is 13.5. The lowest BCUT2D eigenvalue weighted by Crippen LogP contribution is -2.46. The molecule has 23 heavy (non-hydrogen) atoms. The van der Waals surface area contributed by atoms with E-state index in [1.54, 1.807) is 20.8 Å². The SMILES string of the molecule is CC(C)(C)OC(=O)NC(Cc1ccccc1)C(O)C=CC(=O)O. The summed E-state index contributed by atoms with van der Waals surface area (Å²) in [6.45, 7) is 5.21. The molecule has 0 radical (unpaired) electrons. The summed E-state index contributed by atoms with van der Waals surface area (Å²) in [7, 11) is 0. The molecule has 0 saturated carbocycles. The van der Waals surface area contributed by atoms with Gasteiger partial charge in [0.15, 0.2) is 0 Å². The Morgan fingerprint density at radius 1 is 1.26 bits per heavy atom. The van der Waals surface area contributed by atoms with Crippen LogP contribution in [0, 0.1) is 0 Å². The van der Waals surface area contributed by atoms with Gasteiger partial charge in [-0.1, -0.05) is 30.3 Å². The number of amides is 1. The van der Waals surface area contributed by atoms with Crippen molar-refractivity contribution < 1.29 is 24.5 Å². The van der Waals surface area contributed by atoms with Gasteiger partial charge in [-0.2, -0.15) is 0 Å². The van der Waals surface area contributed by atoms with Crippen LogP contribution in [0.1, 0.15) is 26.3 Å². The molecule has 2 atom stereocenters. The van der Waals surface area contributed by atoms with E-state index < -0.39 is 29.8 Å². The maximum atomic E-state index is 11.9. The van der Waals surface area contributed by atoms with Crippen molar-refractivity contribution in [3.63, 3.8) is 0 Å². The van der Waals surface area contributed by atoms with E-state index in [2.05, 4.69) is 5.32 Å². The molecule has 1 aromatic rings. The van der Waals surface area contributed by atoms with E-state index in [9.17, 15) is 14.7 Å². The van der Waals surface area contributed by atoms with Gasteiger partial charge in [0.25, 0.3) is 0 Å². The van der Waals surface area contributed by atoms with Crippen molar-refractivity contribution in [2.45, 2.75) is 44.9 Å². The summed E-state index contributed by atoms with van der Waals surface area (Å²) < 4.78 is 5.18. The number of carboxylic acid groups (broad SMARTS) is 1. The number of hydrogen-bond donors (Lipinski definition) is 3. The van der Waals surface area contributed by atoms with Crippen LogP contribution >= 0.6 is 0 Å². The Balaban J connectivity index is 2.83. The van der Waals surface area contributed by atoms with Crippen LogP contribution in [0.25, 0.3) is 0 Å². The molecule has 0 aromatic heterocycles. The van der Waals surface area contributed by atoms with Crippen molar-refractivity contribution in [2.24, 2.45) is 0 Å². The third-order valence-electron chi connectivity index (χ3n) is 2.85. The first-order valence-corrected chi connectivity index (χ1v) is 7.30. The molecular formula is C17H23NO5. The van der Waals surface area contributed by atoms with Crippen LogP contribution in [0.2, 0.25) is 0 Å². The van der Waals surface area contributed by atoms with E-state index in [1.807, 2.05) is 30.3 Å². The lowest BCUT2D eigenvalue weighted by Gasteiger charge is -2.25. The largest absolute Gasteiger partial charge is 0.478 e. The molecule has 0 bridgehead atoms. The molecule has 1 rings (SSSR count). The van der Waals surface area contributed by atoms with Gasteiger partial charge in [0.05, 0.1) is 12.1 Å². The monoisotopic (exact) mass is 321 g/mol. The summed E-state index contributed by atoms with van der Waals surface area (Å²) >= 11 is 0. The molecule has 6 nitrogen and oxygen atoms in total. The van der Waals surface area contributed by atoms with E-state index in [-0.39, 0.29) is 0 Å². The maximum absolute atomic E-state index is 11.9. The van der Waals surface area contributed by atoms with Crippen molar-refractivity contribution in [3.05, 3.63) is 48.0 Å². The zero-order valence-corrected chi connectivity index (χ0v) is 13.5. The van der Waals surface area contributed by atoms with Crippen LogP contribution in [0.15, 0.2) is 42.5 Å². The highest BCUT2D eigenvalue weighted by Crippen LogP contribution is 2.11. The summed E-state index contributed by atoms with van der Waals surface area (Å²) in [6.07, 6.45) is 0.498. The molecule has 3 N–H and O–H groups in total. The molecule has 6 heteroatoms. The number of alkyl carbamates (subject to hydrolysis) is 1. The molecule has 126 valence electrons. The number of hydrogen-bond acceptors (Lipinski definition) is 4. The van der Waals surface area contributed by atoms with Gasteiger partial charge < -0.3 is 20.3 Å². The molecule has 0 fully saturated rings. The minimum absolute atomic E-state index is 0.339. The summed E-state index contributed by atoms with van der Waals surface area (Å²) in [5.74, 6) is -1.17. The van der Waals surface area contributed by atoms with Gasteiger partial charge in [-0.15, -0.1) is 0 Å². The fourth-order valence-electron chi connectivity index (χ4n) is 1.90. The van der Waals surface area contributed by atoms with Crippen molar-refractivity contribution >= 4 is 12.1 Å². The molecule has 1 amide bonds. The second kappa shape index (κ2) is 8.33. The number of aliphatic hydroxyl groups is 1. The minimum Gasteiger partial charge on any atom is -0.478 e. The number of carboxylic acids is 1. The molecule has 0 saturated heterocycles. The van der Waals surface area contributed by atoms with Crippen molar-refractivity contribution in [1.29, 1.82) is 0 Å². The van der Waals surface area contributed by atoms with Gasteiger partial charge in [-0.3, -0.25) is 0 Å². The van der Waals surface area contributed by atoms with E-state index in [1.165, 1.54) is 0 Å². The second-order valence-corrected chi connectivity index (χ2v) is 6.13. The Morgan fingerprint density at radius 3 is 2.39 bits per heavy atom. The maximum Gasteiger partial charge on any atom is 0.407 e. The van der Waals surface area contributed by atoms with Gasteiger partial charge in [-0.25, -0.2) is 9.59 Å². The fourth-order valence-corrected chi connectivity index (χ4v) is 1.90. The van der Waals surface area contributed by atoms with Gasteiger partial charge in [0, 0.05) is 6.08 Å². The number of rotatable bonds is 6.